The molecule has 0 atom stereocenters. The Balaban J connectivity index is 2.01. The number of benzene rings is 1. The van der Waals surface area contributed by atoms with Gasteiger partial charge in [0, 0.05) is 11.7 Å². The average Bonchev–Trinajstić information content (AvgIpc) is 2.35. The van der Waals surface area contributed by atoms with Crippen LogP contribution in [0.2, 0.25) is 0 Å². The molecule has 1 aromatic rings. The molecule has 0 bridgehead atoms. The van der Waals surface area contributed by atoms with E-state index in [0.29, 0.717) is 5.69 Å². The Kier molecular flexibility index (Phi) is 3.81. The molecule has 18 heavy (non-hydrogen) atoms. The Morgan fingerprint density at radius 1 is 1.44 bits per heavy atom. The topological polar surface area (TPSA) is 58.4 Å². The monoisotopic (exact) mass is 251 g/mol. The van der Waals surface area contributed by atoms with Crippen molar-refractivity contribution >= 4 is 11.6 Å². The van der Waals surface area contributed by atoms with Crippen LogP contribution in [-0.4, -0.2) is 37.0 Å². The van der Waals surface area contributed by atoms with Crippen molar-refractivity contribution in [3.63, 3.8) is 0 Å². The number of nitrogen functional groups attached to an aromatic ring is 1. The van der Waals surface area contributed by atoms with Crippen molar-refractivity contribution in [2.45, 2.75) is 18.9 Å². The molecule has 0 radical (unpaired) electrons. The quantitative estimate of drug-likeness (QED) is 0.777. The summed E-state index contributed by atoms with van der Waals surface area (Å²) in [6, 6.07) is 4.00. The van der Waals surface area contributed by atoms with Gasteiger partial charge in [0.25, 0.3) is 5.91 Å². The Bertz CT molecular complexity index is 442. The third-order valence-electron chi connectivity index (χ3n) is 3.31. The van der Waals surface area contributed by atoms with E-state index in [2.05, 4.69) is 17.3 Å². The first-order valence-corrected chi connectivity index (χ1v) is 6.10. The van der Waals surface area contributed by atoms with Gasteiger partial charge in [-0.3, -0.25) is 4.79 Å². The van der Waals surface area contributed by atoms with Gasteiger partial charge >= 0.3 is 0 Å². The highest BCUT2D eigenvalue weighted by atomic mass is 19.1. The molecule has 3 N–H and O–H groups in total. The van der Waals surface area contributed by atoms with Gasteiger partial charge in [0.05, 0.1) is 5.56 Å². The molecule has 5 heteroatoms. The summed E-state index contributed by atoms with van der Waals surface area (Å²) in [5.74, 6) is -0.737. The highest BCUT2D eigenvalue weighted by Crippen LogP contribution is 2.15. The molecule has 98 valence electrons. The van der Waals surface area contributed by atoms with Crippen LogP contribution >= 0.6 is 0 Å². The van der Waals surface area contributed by atoms with Crippen molar-refractivity contribution in [2.75, 3.05) is 25.9 Å². The molecule has 0 saturated carbocycles. The molecule has 1 aromatic carbocycles. The molecule has 1 aliphatic heterocycles. The summed E-state index contributed by atoms with van der Waals surface area (Å²) in [7, 11) is 2.06. The van der Waals surface area contributed by atoms with Crippen LogP contribution in [0.15, 0.2) is 18.2 Å². The van der Waals surface area contributed by atoms with Crippen LogP contribution in [0.1, 0.15) is 23.2 Å². The number of halogens is 1. The number of anilines is 1. The standard InChI is InChI=1S/C13H18FN3O/c1-17-6-4-10(5-7-17)16-13(18)11-8-9(14)2-3-12(11)15/h2-3,8,10H,4-7,15H2,1H3,(H,16,18). The molecule has 2 rings (SSSR count). The van der Waals surface area contributed by atoms with E-state index in [1.807, 2.05) is 0 Å². The minimum Gasteiger partial charge on any atom is -0.398 e. The number of amides is 1. The van der Waals surface area contributed by atoms with E-state index in [9.17, 15) is 9.18 Å². The summed E-state index contributed by atoms with van der Waals surface area (Å²) < 4.78 is 13.1. The molecule has 1 saturated heterocycles. The second kappa shape index (κ2) is 5.35. The van der Waals surface area contributed by atoms with Crippen molar-refractivity contribution < 1.29 is 9.18 Å². The van der Waals surface area contributed by atoms with E-state index in [4.69, 9.17) is 5.73 Å². The van der Waals surface area contributed by atoms with E-state index in [1.165, 1.54) is 18.2 Å². The van der Waals surface area contributed by atoms with Crippen LogP contribution in [0.25, 0.3) is 0 Å². The lowest BCUT2D eigenvalue weighted by molar-refractivity contribution is 0.0917. The third kappa shape index (κ3) is 2.98. The number of nitrogens with zero attached hydrogens (tertiary/aromatic N) is 1. The van der Waals surface area contributed by atoms with Crippen LogP contribution in [0, 0.1) is 5.82 Å². The van der Waals surface area contributed by atoms with Crippen LogP contribution in [0.5, 0.6) is 0 Å². The fraction of sp³-hybridized carbons (Fsp3) is 0.462. The second-order valence-electron chi connectivity index (χ2n) is 4.78. The number of hydrogen-bond acceptors (Lipinski definition) is 3. The van der Waals surface area contributed by atoms with Gasteiger partial charge in [0.2, 0.25) is 0 Å². The molecule has 0 aliphatic carbocycles. The Hall–Kier alpha value is -1.62. The highest BCUT2D eigenvalue weighted by molar-refractivity contribution is 5.99. The summed E-state index contributed by atoms with van der Waals surface area (Å²) in [5.41, 5.74) is 6.21. The van der Waals surface area contributed by atoms with Gasteiger partial charge in [0.1, 0.15) is 5.82 Å². The molecule has 1 heterocycles. The van der Waals surface area contributed by atoms with Crippen LogP contribution in [0.3, 0.4) is 0 Å². The van der Waals surface area contributed by atoms with E-state index in [1.54, 1.807) is 0 Å². The number of carbonyl (C=O) groups excluding carboxylic acids is 1. The normalized spacial score (nSPS) is 17.7. The Labute approximate surface area is 106 Å². The summed E-state index contributed by atoms with van der Waals surface area (Å²) in [5, 5.41) is 2.91. The van der Waals surface area contributed by atoms with Crippen molar-refractivity contribution in [1.29, 1.82) is 0 Å². The molecule has 1 amide bonds. The van der Waals surface area contributed by atoms with Crippen LogP contribution in [-0.2, 0) is 0 Å². The first-order chi connectivity index (χ1) is 8.56. The van der Waals surface area contributed by atoms with Crippen molar-refractivity contribution in [2.24, 2.45) is 0 Å². The van der Waals surface area contributed by atoms with Crippen LogP contribution in [0.4, 0.5) is 10.1 Å². The number of rotatable bonds is 2. The lowest BCUT2D eigenvalue weighted by Gasteiger charge is -2.29. The van der Waals surface area contributed by atoms with Gasteiger partial charge in [-0.1, -0.05) is 0 Å². The predicted molar refractivity (Wildman–Crippen MR) is 68.8 cm³/mol. The minimum atomic E-state index is -0.447. The van der Waals surface area contributed by atoms with Crippen molar-refractivity contribution in [3.05, 3.63) is 29.6 Å². The van der Waals surface area contributed by atoms with Gasteiger partial charge in [-0.25, -0.2) is 4.39 Å². The maximum atomic E-state index is 13.1. The molecule has 1 fully saturated rings. The molecule has 0 aromatic heterocycles. The number of carbonyl (C=O) groups is 1. The maximum Gasteiger partial charge on any atom is 0.253 e. The molecular formula is C13H18FN3O. The largest absolute Gasteiger partial charge is 0.398 e. The summed E-state index contributed by atoms with van der Waals surface area (Å²) in [6.45, 7) is 1.92. The summed E-state index contributed by atoms with van der Waals surface area (Å²) >= 11 is 0. The molecule has 4 nitrogen and oxygen atoms in total. The second-order valence-corrected chi connectivity index (χ2v) is 4.78. The van der Waals surface area contributed by atoms with Crippen molar-refractivity contribution in [1.82, 2.24) is 10.2 Å². The number of hydrogen-bond donors (Lipinski definition) is 2. The number of nitrogens with one attached hydrogen (secondary N) is 1. The first kappa shape index (κ1) is 12.8. The van der Waals surface area contributed by atoms with Gasteiger partial charge < -0.3 is 16.0 Å². The molecule has 0 spiro atoms. The summed E-state index contributed by atoms with van der Waals surface area (Å²) in [6.07, 6.45) is 1.83. The number of nitrogens with two attached hydrogens (primary N) is 1. The molecule has 1 aliphatic rings. The number of likely N-dealkylation sites (tertiary alicyclic amines) is 1. The Morgan fingerprint density at radius 2 is 2.11 bits per heavy atom. The van der Waals surface area contributed by atoms with Gasteiger partial charge in [-0.2, -0.15) is 0 Å². The lowest BCUT2D eigenvalue weighted by Crippen LogP contribution is -2.43. The van der Waals surface area contributed by atoms with E-state index in [-0.39, 0.29) is 17.5 Å². The van der Waals surface area contributed by atoms with Crippen LogP contribution < -0.4 is 11.1 Å². The third-order valence-corrected chi connectivity index (χ3v) is 3.31. The summed E-state index contributed by atoms with van der Waals surface area (Å²) in [4.78, 5) is 14.2. The Morgan fingerprint density at radius 3 is 2.78 bits per heavy atom. The van der Waals surface area contributed by atoms with Crippen molar-refractivity contribution in [3.8, 4) is 0 Å². The zero-order valence-corrected chi connectivity index (χ0v) is 10.4. The number of piperidine rings is 1. The molecular weight excluding hydrogens is 233 g/mol. The smallest absolute Gasteiger partial charge is 0.253 e. The van der Waals surface area contributed by atoms with E-state index >= 15 is 0 Å². The fourth-order valence-electron chi connectivity index (χ4n) is 2.14. The van der Waals surface area contributed by atoms with E-state index < -0.39 is 5.82 Å². The zero-order chi connectivity index (χ0) is 13.1. The fourth-order valence-corrected chi connectivity index (χ4v) is 2.14. The van der Waals surface area contributed by atoms with Gasteiger partial charge in [-0.05, 0) is 51.2 Å². The molecule has 0 unspecified atom stereocenters. The lowest BCUT2D eigenvalue weighted by atomic mass is 10.0. The SMILES string of the molecule is CN1CCC(NC(=O)c2cc(F)ccc2N)CC1. The predicted octanol–water partition coefficient (Wildman–Crippen LogP) is 1.23. The van der Waals surface area contributed by atoms with Gasteiger partial charge in [0.15, 0.2) is 0 Å². The highest BCUT2D eigenvalue weighted by Gasteiger charge is 2.20. The van der Waals surface area contributed by atoms with E-state index in [0.717, 1.165) is 25.9 Å². The minimum absolute atomic E-state index is 0.149. The maximum absolute atomic E-state index is 13.1. The first-order valence-electron chi connectivity index (χ1n) is 6.10. The van der Waals surface area contributed by atoms with Gasteiger partial charge in [-0.15, -0.1) is 0 Å². The zero-order valence-electron chi connectivity index (χ0n) is 10.4. The average molecular weight is 251 g/mol.